The summed E-state index contributed by atoms with van der Waals surface area (Å²) in [4.78, 5) is 4.71. The fourth-order valence-corrected chi connectivity index (χ4v) is 5.11. The van der Waals surface area contributed by atoms with Gasteiger partial charge in [-0.2, -0.15) is 0 Å². The van der Waals surface area contributed by atoms with Gasteiger partial charge in [0, 0.05) is 6.20 Å². The minimum absolute atomic E-state index is 0.0663. The van der Waals surface area contributed by atoms with Gasteiger partial charge in [0.2, 0.25) is 0 Å². The van der Waals surface area contributed by atoms with Crippen molar-refractivity contribution >= 4 is 21.5 Å². The van der Waals surface area contributed by atoms with Gasteiger partial charge in [0.1, 0.15) is 11.4 Å². The van der Waals surface area contributed by atoms with Gasteiger partial charge in [0.25, 0.3) is 10.0 Å². The van der Waals surface area contributed by atoms with Crippen LogP contribution in [0.3, 0.4) is 0 Å². The van der Waals surface area contributed by atoms with Crippen molar-refractivity contribution in [2.45, 2.75) is 37.6 Å². The third-order valence-electron chi connectivity index (χ3n) is 5.14. The lowest BCUT2D eigenvalue weighted by Gasteiger charge is -2.25. The largest absolute Gasteiger partial charge is 0.573 e. The highest BCUT2D eigenvalue weighted by atomic mass is 32.2. The minimum Gasteiger partial charge on any atom is -0.406 e. The molecule has 0 fully saturated rings. The Hall–Kier alpha value is -3.53. The number of imidazole rings is 1. The van der Waals surface area contributed by atoms with Gasteiger partial charge in [-0.25, -0.2) is 17.7 Å². The normalized spacial score (nSPS) is 12.3. The molecule has 0 N–H and O–H groups in total. The fraction of sp³-hybridized carbons (Fsp3) is 0.208. The number of benzene rings is 2. The van der Waals surface area contributed by atoms with Crippen molar-refractivity contribution in [2.24, 2.45) is 0 Å². The predicted octanol–water partition coefficient (Wildman–Crippen LogP) is 5.75. The number of hydrogen-bond acceptors (Lipinski definition) is 4. The summed E-state index contributed by atoms with van der Waals surface area (Å²) < 4.78 is 72.0. The van der Waals surface area contributed by atoms with Gasteiger partial charge in [-0.3, -0.25) is 0 Å². The van der Waals surface area contributed by atoms with Crippen molar-refractivity contribution in [3.8, 4) is 5.75 Å². The molecule has 0 radical (unpaired) electrons. The smallest absolute Gasteiger partial charge is 0.406 e. The topological polar surface area (TPSA) is 63.9 Å². The lowest BCUT2D eigenvalue weighted by atomic mass is 10.1. The van der Waals surface area contributed by atoms with E-state index in [4.69, 9.17) is 0 Å². The lowest BCUT2D eigenvalue weighted by molar-refractivity contribution is -0.274. The molecule has 10 heteroatoms. The molecule has 178 valence electrons. The Bertz CT molecular complexity index is 1380. The molecule has 0 aliphatic carbocycles. The van der Waals surface area contributed by atoms with Crippen molar-refractivity contribution in [3.63, 3.8) is 0 Å². The van der Waals surface area contributed by atoms with Crippen LogP contribution in [0.1, 0.15) is 31.0 Å². The Morgan fingerprint density at radius 2 is 1.62 bits per heavy atom. The molecule has 0 aliphatic rings. The lowest BCUT2D eigenvalue weighted by Crippen LogP contribution is -2.32. The summed E-state index contributed by atoms with van der Waals surface area (Å²) in [6, 6.07) is 18.5. The summed E-state index contributed by atoms with van der Waals surface area (Å²) in [5.74, 6) is -0.187. The molecule has 0 unspecified atom stereocenters. The van der Waals surface area contributed by atoms with E-state index in [1.807, 2.05) is 36.6 Å². The number of anilines is 1. The molecule has 2 aromatic heterocycles. The molecule has 4 rings (SSSR count). The number of rotatable bonds is 7. The average Bonchev–Trinajstić information content (AvgIpc) is 3.17. The number of sulfonamides is 1. The van der Waals surface area contributed by atoms with E-state index in [-0.39, 0.29) is 28.9 Å². The third-order valence-corrected chi connectivity index (χ3v) is 6.90. The number of alkyl halides is 3. The van der Waals surface area contributed by atoms with Crippen molar-refractivity contribution in [1.29, 1.82) is 0 Å². The second kappa shape index (κ2) is 9.02. The molecule has 0 amide bonds. The monoisotopic (exact) mass is 489 g/mol. The molecule has 6 nitrogen and oxygen atoms in total. The van der Waals surface area contributed by atoms with Crippen LogP contribution in [0, 0.1) is 0 Å². The number of aromatic nitrogens is 2. The highest BCUT2D eigenvalue weighted by molar-refractivity contribution is 7.92. The standard InChI is InChI=1S/C24H22F3N3O3S/c1-17(2)22-23(28-21-10-6-7-15-29(21)22)30(34(31,32)20-8-4-3-5-9-20)16-18-11-13-19(14-12-18)33-24(25,26)27/h3-15,17H,16H2,1-2H3. The number of halogens is 3. The van der Waals surface area contributed by atoms with E-state index >= 15 is 0 Å². The van der Waals surface area contributed by atoms with Gasteiger partial charge in [0.05, 0.1) is 17.1 Å². The van der Waals surface area contributed by atoms with Crippen molar-refractivity contribution in [1.82, 2.24) is 9.38 Å². The average molecular weight is 490 g/mol. The number of fused-ring (bicyclic) bond motifs is 1. The molecule has 34 heavy (non-hydrogen) atoms. The van der Waals surface area contributed by atoms with Crippen LogP contribution in [-0.4, -0.2) is 24.2 Å². The molecule has 0 saturated heterocycles. The predicted molar refractivity (Wildman–Crippen MR) is 122 cm³/mol. The first-order valence-corrected chi connectivity index (χ1v) is 11.9. The first-order chi connectivity index (χ1) is 16.1. The Kier molecular flexibility index (Phi) is 6.26. The summed E-state index contributed by atoms with van der Waals surface area (Å²) in [5, 5.41) is 0. The zero-order valence-electron chi connectivity index (χ0n) is 18.4. The highest BCUT2D eigenvalue weighted by Crippen LogP contribution is 2.34. The Labute approximate surface area is 195 Å². The van der Waals surface area contributed by atoms with E-state index in [1.54, 1.807) is 24.3 Å². The summed E-state index contributed by atoms with van der Waals surface area (Å²) in [7, 11) is -4.05. The minimum atomic E-state index is -4.81. The van der Waals surface area contributed by atoms with Crippen LogP contribution in [-0.2, 0) is 16.6 Å². The second-order valence-corrected chi connectivity index (χ2v) is 9.78. The van der Waals surface area contributed by atoms with E-state index in [2.05, 4.69) is 9.72 Å². The maximum absolute atomic E-state index is 13.7. The maximum atomic E-state index is 13.7. The molecule has 0 spiro atoms. The van der Waals surface area contributed by atoms with Crippen LogP contribution in [0.2, 0.25) is 0 Å². The van der Waals surface area contributed by atoms with Gasteiger partial charge in [-0.1, -0.05) is 50.2 Å². The molecule has 2 heterocycles. The summed E-state index contributed by atoms with van der Waals surface area (Å²) in [6.07, 6.45) is -3.00. The molecule has 0 aliphatic heterocycles. The third kappa shape index (κ3) is 4.86. The Morgan fingerprint density at radius 1 is 0.971 bits per heavy atom. The van der Waals surface area contributed by atoms with E-state index in [1.165, 1.54) is 28.6 Å². The van der Waals surface area contributed by atoms with Gasteiger partial charge >= 0.3 is 6.36 Å². The summed E-state index contributed by atoms with van der Waals surface area (Å²) in [5.41, 5.74) is 1.76. The van der Waals surface area contributed by atoms with Crippen molar-refractivity contribution < 1.29 is 26.3 Å². The van der Waals surface area contributed by atoms with Crippen LogP contribution in [0.5, 0.6) is 5.75 Å². The summed E-state index contributed by atoms with van der Waals surface area (Å²) >= 11 is 0. The van der Waals surface area contributed by atoms with Gasteiger partial charge in [-0.15, -0.1) is 13.2 Å². The quantitative estimate of drug-likeness (QED) is 0.332. The van der Waals surface area contributed by atoms with E-state index in [9.17, 15) is 21.6 Å². The number of ether oxygens (including phenoxy) is 1. The maximum Gasteiger partial charge on any atom is 0.573 e. The van der Waals surface area contributed by atoms with Gasteiger partial charge in [0.15, 0.2) is 5.82 Å². The second-order valence-electron chi connectivity index (χ2n) is 7.92. The number of hydrogen-bond donors (Lipinski definition) is 0. The van der Waals surface area contributed by atoms with Crippen molar-refractivity contribution in [2.75, 3.05) is 4.31 Å². The number of pyridine rings is 1. The van der Waals surface area contributed by atoms with Crippen LogP contribution in [0.25, 0.3) is 5.65 Å². The molecule has 0 saturated carbocycles. The van der Waals surface area contributed by atoms with Crippen LogP contribution < -0.4 is 9.04 Å². The molecule has 0 atom stereocenters. The van der Waals surface area contributed by atoms with E-state index in [0.717, 1.165) is 12.1 Å². The first-order valence-electron chi connectivity index (χ1n) is 10.5. The molecule has 0 bridgehead atoms. The van der Waals surface area contributed by atoms with Crippen LogP contribution in [0.4, 0.5) is 19.0 Å². The molecular formula is C24H22F3N3O3S. The molecule has 2 aromatic carbocycles. The van der Waals surface area contributed by atoms with Crippen molar-refractivity contribution in [3.05, 3.63) is 90.3 Å². The SMILES string of the molecule is CC(C)c1c(N(Cc2ccc(OC(F)(F)F)cc2)S(=O)(=O)c2ccccc2)nc2ccccn12. The molecule has 4 aromatic rings. The van der Waals surface area contributed by atoms with E-state index < -0.39 is 16.4 Å². The van der Waals surface area contributed by atoms with Gasteiger partial charge < -0.3 is 9.14 Å². The van der Waals surface area contributed by atoms with Crippen LogP contribution >= 0.6 is 0 Å². The zero-order valence-corrected chi connectivity index (χ0v) is 19.2. The fourth-order valence-electron chi connectivity index (χ4n) is 3.68. The zero-order chi connectivity index (χ0) is 24.5. The number of nitrogens with zero attached hydrogens (tertiary/aromatic N) is 3. The van der Waals surface area contributed by atoms with Gasteiger partial charge in [-0.05, 0) is 47.9 Å². The summed E-state index contributed by atoms with van der Waals surface area (Å²) in [6.45, 7) is 3.75. The highest BCUT2D eigenvalue weighted by Gasteiger charge is 2.32. The first kappa shape index (κ1) is 23.6. The Balaban J connectivity index is 1.83. The molecular weight excluding hydrogens is 467 g/mol. The van der Waals surface area contributed by atoms with Crippen LogP contribution in [0.15, 0.2) is 83.9 Å². The Morgan fingerprint density at radius 3 is 2.24 bits per heavy atom. The van der Waals surface area contributed by atoms with E-state index in [0.29, 0.717) is 16.9 Å².